The van der Waals surface area contributed by atoms with Crippen LogP contribution in [0.1, 0.15) is 50.9 Å². The molecular weight excluding hydrogens is 374 g/mol. The minimum atomic E-state index is 0.0125. The highest BCUT2D eigenvalue weighted by Gasteiger charge is 2.36. The van der Waals surface area contributed by atoms with Gasteiger partial charge in [0.15, 0.2) is 5.82 Å². The summed E-state index contributed by atoms with van der Waals surface area (Å²) in [6.45, 7) is 4.67. The predicted octanol–water partition coefficient (Wildman–Crippen LogP) is 3.87. The Morgan fingerprint density at radius 2 is 2.07 bits per heavy atom. The van der Waals surface area contributed by atoms with E-state index in [2.05, 4.69) is 28.7 Å². The summed E-state index contributed by atoms with van der Waals surface area (Å²) in [6.07, 6.45) is 6.96. The van der Waals surface area contributed by atoms with Crippen molar-refractivity contribution in [1.82, 2.24) is 9.97 Å². The van der Waals surface area contributed by atoms with Gasteiger partial charge in [0.2, 0.25) is 0 Å². The second kappa shape index (κ2) is 7.15. The first kappa shape index (κ1) is 17.6. The second-order valence-electron chi connectivity index (χ2n) is 8.19. The van der Waals surface area contributed by atoms with Gasteiger partial charge in [0.1, 0.15) is 10.9 Å². The molecule has 0 spiro atoms. The summed E-state index contributed by atoms with van der Waals surface area (Å²) in [7, 11) is 0. The number of hydrogen-bond donors (Lipinski definition) is 2. The molecule has 1 saturated heterocycles. The van der Waals surface area contributed by atoms with E-state index in [1.807, 2.05) is 6.07 Å². The predicted molar refractivity (Wildman–Crippen MR) is 113 cm³/mol. The molecule has 1 aliphatic heterocycles. The molecular formula is C21H26N3OS2+. The molecule has 1 saturated carbocycles. The Kier molecular flexibility index (Phi) is 4.66. The smallest absolute Gasteiger partial charge is 0.260 e. The number of hydrogen-bond acceptors (Lipinski definition) is 4. The fourth-order valence-electron chi connectivity index (χ4n) is 5.11. The highest BCUT2D eigenvalue weighted by molar-refractivity contribution is 7.18. The Morgan fingerprint density at radius 3 is 2.89 bits per heavy atom. The Balaban J connectivity index is 1.44. The molecule has 2 aliphatic rings. The molecule has 4 atom stereocenters. The van der Waals surface area contributed by atoms with Gasteiger partial charge in [-0.25, -0.2) is 4.98 Å². The number of nitrogens with one attached hydrogen (secondary N) is 2. The van der Waals surface area contributed by atoms with E-state index in [0.717, 1.165) is 38.3 Å². The van der Waals surface area contributed by atoms with Gasteiger partial charge in [0, 0.05) is 21.7 Å². The van der Waals surface area contributed by atoms with Crippen molar-refractivity contribution in [3.63, 3.8) is 0 Å². The van der Waals surface area contributed by atoms with Crippen LogP contribution in [-0.2, 0) is 0 Å². The topological polar surface area (TPSA) is 50.2 Å². The Hall–Kier alpha value is -1.50. The van der Waals surface area contributed by atoms with Crippen molar-refractivity contribution < 1.29 is 4.90 Å². The van der Waals surface area contributed by atoms with Crippen molar-refractivity contribution in [3.05, 3.63) is 39.1 Å². The molecule has 142 valence electrons. The standard InChI is InChI=1S/C21H25N3OS2/c1-13(24-9-8-14-5-2-3-6-15(14)11-24)19-22-20(25)18-16(12-27-21(18)23-19)17-7-4-10-26-17/h4,7,10,12-15H,2-3,5-6,8-9,11H2,1H3,(H,22,23,25)/p+1/t13-,14+,15-/m1/s1. The average Bonchev–Trinajstić information content (AvgIpc) is 3.36. The zero-order chi connectivity index (χ0) is 18.4. The van der Waals surface area contributed by atoms with Crippen LogP contribution in [-0.4, -0.2) is 23.1 Å². The summed E-state index contributed by atoms with van der Waals surface area (Å²) in [4.78, 5) is 24.5. The minimum absolute atomic E-state index is 0.0125. The molecule has 0 amide bonds. The first-order valence-electron chi connectivity index (χ1n) is 10.1. The molecule has 6 heteroatoms. The van der Waals surface area contributed by atoms with Crippen molar-refractivity contribution in [1.29, 1.82) is 0 Å². The van der Waals surface area contributed by atoms with Gasteiger partial charge in [-0.2, -0.15) is 0 Å². The number of nitrogens with zero attached hydrogens (tertiary/aromatic N) is 1. The molecule has 4 nitrogen and oxygen atoms in total. The lowest BCUT2D eigenvalue weighted by Gasteiger charge is -2.40. The molecule has 0 bridgehead atoms. The molecule has 3 aromatic rings. The van der Waals surface area contributed by atoms with Gasteiger partial charge < -0.3 is 9.88 Å². The third kappa shape index (κ3) is 3.18. The summed E-state index contributed by atoms with van der Waals surface area (Å²) >= 11 is 3.26. The van der Waals surface area contributed by atoms with E-state index in [-0.39, 0.29) is 11.6 Å². The number of fused-ring (bicyclic) bond motifs is 2. The highest BCUT2D eigenvalue weighted by Crippen LogP contribution is 2.34. The molecule has 3 aromatic heterocycles. The Bertz CT molecular complexity index is 991. The number of aromatic amines is 1. The molecule has 0 radical (unpaired) electrons. The number of rotatable bonds is 3. The van der Waals surface area contributed by atoms with Crippen LogP contribution in [0.15, 0.2) is 27.7 Å². The van der Waals surface area contributed by atoms with E-state index >= 15 is 0 Å². The maximum Gasteiger partial charge on any atom is 0.260 e. The van der Waals surface area contributed by atoms with Crippen LogP contribution < -0.4 is 10.5 Å². The summed E-state index contributed by atoms with van der Waals surface area (Å²) in [5.41, 5.74) is 1.03. The molecule has 2 fully saturated rings. The maximum absolute atomic E-state index is 12.9. The van der Waals surface area contributed by atoms with Gasteiger partial charge in [0.05, 0.1) is 18.5 Å². The van der Waals surface area contributed by atoms with Gasteiger partial charge in [-0.3, -0.25) is 4.79 Å². The molecule has 1 aliphatic carbocycles. The van der Waals surface area contributed by atoms with Crippen LogP contribution in [0.4, 0.5) is 0 Å². The van der Waals surface area contributed by atoms with Crippen molar-refractivity contribution in [2.24, 2.45) is 11.8 Å². The lowest BCUT2D eigenvalue weighted by Crippen LogP contribution is -3.14. The lowest BCUT2D eigenvalue weighted by atomic mass is 9.75. The quantitative estimate of drug-likeness (QED) is 0.701. The summed E-state index contributed by atoms with van der Waals surface area (Å²) in [5, 5.41) is 4.88. The minimum Gasteiger partial charge on any atom is -0.326 e. The lowest BCUT2D eigenvalue weighted by molar-refractivity contribution is -0.940. The molecule has 27 heavy (non-hydrogen) atoms. The van der Waals surface area contributed by atoms with E-state index < -0.39 is 0 Å². The number of aromatic nitrogens is 2. The maximum atomic E-state index is 12.9. The first-order valence-corrected chi connectivity index (χ1v) is 11.9. The van der Waals surface area contributed by atoms with Crippen LogP contribution in [0.2, 0.25) is 0 Å². The fraction of sp³-hybridized carbons (Fsp3) is 0.524. The number of H-pyrrole nitrogens is 1. The van der Waals surface area contributed by atoms with Crippen LogP contribution in [0.25, 0.3) is 20.7 Å². The van der Waals surface area contributed by atoms with Crippen LogP contribution in [0.3, 0.4) is 0 Å². The molecule has 0 aromatic carbocycles. The van der Waals surface area contributed by atoms with Crippen molar-refractivity contribution in [3.8, 4) is 10.4 Å². The zero-order valence-corrected chi connectivity index (χ0v) is 17.3. The van der Waals surface area contributed by atoms with Crippen LogP contribution >= 0.6 is 22.7 Å². The third-order valence-corrected chi connectivity index (χ3v) is 8.47. The number of quaternary nitrogens is 1. The molecule has 4 heterocycles. The average molecular weight is 401 g/mol. The SMILES string of the molecule is C[C@H](c1nc2scc(-c3cccs3)c2c(=O)[nH]1)[NH+]1CC[C@@H]2CCCC[C@@H]2C1. The van der Waals surface area contributed by atoms with Gasteiger partial charge in [-0.05, 0) is 43.6 Å². The molecule has 5 rings (SSSR count). The third-order valence-electron chi connectivity index (χ3n) is 6.70. The second-order valence-corrected chi connectivity index (χ2v) is 9.99. The number of piperidine rings is 1. The van der Waals surface area contributed by atoms with Crippen molar-refractivity contribution in [2.45, 2.75) is 45.1 Å². The number of likely N-dealkylation sites (tertiary alicyclic amines) is 1. The van der Waals surface area contributed by atoms with Crippen LogP contribution in [0.5, 0.6) is 0 Å². The van der Waals surface area contributed by atoms with Crippen molar-refractivity contribution >= 4 is 32.9 Å². The Morgan fingerprint density at radius 1 is 1.22 bits per heavy atom. The zero-order valence-electron chi connectivity index (χ0n) is 15.7. The van der Waals surface area contributed by atoms with Gasteiger partial charge >= 0.3 is 0 Å². The Labute approximate surface area is 167 Å². The van der Waals surface area contributed by atoms with Crippen LogP contribution in [0, 0.1) is 11.8 Å². The normalized spacial score (nSPS) is 26.8. The van der Waals surface area contributed by atoms with Gasteiger partial charge in [0.25, 0.3) is 5.56 Å². The summed E-state index contributed by atoms with van der Waals surface area (Å²) in [6, 6.07) is 4.35. The summed E-state index contributed by atoms with van der Waals surface area (Å²) in [5.74, 6) is 2.67. The summed E-state index contributed by atoms with van der Waals surface area (Å²) < 4.78 is 0. The largest absolute Gasteiger partial charge is 0.326 e. The van der Waals surface area contributed by atoms with E-state index in [4.69, 9.17) is 4.98 Å². The fourth-order valence-corrected chi connectivity index (χ4v) is 6.88. The van der Waals surface area contributed by atoms with Crippen molar-refractivity contribution in [2.75, 3.05) is 13.1 Å². The van der Waals surface area contributed by atoms with E-state index in [1.54, 1.807) is 27.6 Å². The molecule has 1 unspecified atom stereocenters. The van der Waals surface area contributed by atoms with E-state index in [1.165, 1.54) is 45.2 Å². The van der Waals surface area contributed by atoms with Gasteiger partial charge in [-0.1, -0.05) is 18.9 Å². The van der Waals surface area contributed by atoms with Gasteiger partial charge in [-0.15, -0.1) is 22.7 Å². The monoisotopic (exact) mass is 400 g/mol. The van der Waals surface area contributed by atoms with E-state index in [0.29, 0.717) is 0 Å². The first-order chi connectivity index (χ1) is 13.2. The molecule has 2 N–H and O–H groups in total. The highest BCUT2D eigenvalue weighted by atomic mass is 32.1. The van der Waals surface area contributed by atoms with E-state index in [9.17, 15) is 4.79 Å². The number of thiophene rings is 2.